The molecule has 5 heteroatoms. The Labute approximate surface area is 122 Å². The number of halogens is 2. The van der Waals surface area contributed by atoms with Crippen molar-refractivity contribution in [3.05, 3.63) is 32.9 Å². The van der Waals surface area contributed by atoms with Crippen molar-refractivity contribution in [3.8, 4) is 0 Å². The number of carbonyl (C=O) groups excluding carboxylic acids is 1. The fourth-order valence-electron chi connectivity index (χ4n) is 1.36. The molecule has 0 aliphatic carbocycles. The Morgan fingerprint density at radius 3 is 2.71 bits per heavy atom. The molecule has 1 aromatic carbocycles. The van der Waals surface area contributed by atoms with Crippen LogP contribution in [0.15, 0.2) is 18.2 Å². The second-order valence-electron chi connectivity index (χ2n) is 3.55. The Morgan fingerprint density at radius 2 is 2.06 bits per heavy atom. The molecule has 0 aliphatic rings. The number of carbonyl (C=O) groups is 1. The van der Waals surface area contributed by atoms with Crippen molar-refractivity contribution >= 4 is 40.9 Å². The first kappa shape index (κ1) is 16.7. The molecule has 0 heterocycles. The highest BCUT2D eigenvalue weighted by molar-refractivity contribution is 14.1. The fourth-order valence-corrected chi connectivity index (χ4v) is 1.96. The van der Waals surface area contributed by atoms with E-state index >= 15 is 0 Å². The molecule has 3 nitrogen and oxygen atoms in total. The summed E-state index contributed by atoms with van der Waals surface area (Å²) in [6, 6.07) is 5.78. The number of aryl methyl sites for hydroxylation is 1. The molecule has 0 fully saturated rings. The topological polar surface area (TPSA) is 41.1 Å². The van der Waals surface area contributed by atoms with Crippen molar-refractivity contribution in [1.82, 2.24) is 10.6 Å². The van der Waals surface area contributed by atoms with E-state index in [4.69, 9.17) is 0 Å². The number of likely N-dealkylation sites (N-methyl/N-ethyl adjacent to an activating group) is 1. The van der Waals surface area contributed by atoms with Gasteiger partial charge in [0.05, 0.1) is 5.56 Å². The Morgan fingerprint density at radius 1 is 1.35 bits per heavy atom. The summed E-state index contributed by atoms with van der Waals surface area (Å²) >= 11 is 2.21. The Bertz CT molecular complexity index is 372. The van der Waals surface area contributed by atoms with Crippen LogP contribution < -0.4 is 10.6 Å². The summed E-state index contributed by atoms with van der Waals surface area (Å²) in [5.74, 6) is 0.00556. The lowest BCUT2D eigenvalue weighted by Gasteiger charge is -2.08. The molecule has 1 rings (SSSR count). The molecule has 0 spiro atoms. The number of hydrogen-bond donors (Lipinski definition) is 2. The van der Waals surface area contributed by atoms with Gasteiger partial charge in [-0.2, -0.15) is 0 Å². The molecule has 96 valence electrons. The SMILES string of the molecule is CCNCCNC(=O)c1cccc(C)c1I.Cl. The second kappa shape index (κ2) is 8.72. The maximum Gasteiger partial charge on any atom is 0.252 e. The van der Waals surface area contributed by atoms with E-state index in [9.17, 15) is 4.79 Å². The molecule has 17 heavy (non-hydrogen) atoms. The molecular weight excluding hydrogens is 351 g/mol. The average Bonchev–Trinajstić information content (AvgIpc) is 2.28. The molecule has 0 saturated carbocycles. The number of amides is 1. The minimum Gasteiger partial charge on any atom is -0.351 e. The van der Waals surface area contributed by atoms with Gasteiger partial charge in [-0.25, -0.2) is 0 Å². The third-order valence-corrected chi connectivity index (χ3v) is 3.71. The van der Waals surface area contributed by atoms with Gasteiger partial charge in [0.1, 0.15) is 0 Å². The van der Waals surface area contributed by atoms with Crippen LogP contribution in [0.5, 0.6) is 0 Å². The molecule has 0 radical (unpaired) electrons. The van der Waals surface area contributed by atoms with Crippen molar-refractivity contribution in [2.75, 3.05) is 19.6 Å². The van der Waals surface area contributed by atoms with Crippen molar-refractivity contribution in [3.63, 3.8) is 0 Å². The molecule has 0 unspecified atom stereocenters. The summed E-state index contributed by atoms with van der Waals surface area (Å²) in [7, 11) is 0. The van der Waals surface area contributed by atoms with E-state index in [1.807, 2.05) is 32.0 Å². The van der Waals surface area contributed by atoms with Crippen LogP contribution in [0.2, 0.25) is 0 Å². The standard InChI is InChI=1S/C12H17IN2O.ClH/c1-3-14-7-8-15-12(16)10-6-4-5-9(2)11(10)13;/h4-6,14H,3,7-8H2,1-2H3,(H,15,16);1H. The summed E-state index contributed by atoms with van der Waals surface area (Å²) < 4.78 is 1.03. The number of benzene rings is 1. The van der Waals surface area contributed by atoms with E-state index in [0.717, 1.165) is 27.8 Å². The molecule has 0 saturated heterocycles. The summed E-state index contributed by atoms with van der Waals surface area (Å²) in [4.78, 5) is 11.8. The summed E-state index contributed by atoms with van der Waals surface area (Å²) in [5.41, 5.74) is 1.90. The van der Waals surface area contributed by atoms with E-state index in [-0.39, 0.29) is 18.3 Å². The highest BCUT2D eigenvalue weighted by atomic mass is 127. The van der Waals surface area contributed by atoms with Crippen LogP contribution in [-0.4, -0.2) is 25.5 Å². The lowest BCUT2D eigenvalue weighted by atomic mass is 10.1. The highest BCUT2D eigenvalue weighted by Crippen LogP contribution is 2.16. The molecular formula is C12H18ClIN2O. The predicted molar refractivity (Wildman–Crippen MR) is 82.0 cm³/mol. The molecule has 2 N–H and O–H groups in total. The van der Waals surface area contributed by atoms with E-state index in [2.05, 4.69) is 33.2 Å². The van der Waals surface area contributed by atoms with Crippen LogP contribution in [0.25, 0.3) is 0 Å². The minimum absolute atomic E-state index is 0. The third kappa shape index (κ3) is 5.23. The normalized spacial score (nSPS) is 9.59. The Kier molecular flexibility index (Phi) is 8.55. The molecule has 1 amide bonds. The number of nitrogens with one attached hydrogen (secondary N) is 2. The van der Waals surface area contributed by atoms with Crippen LogP contribution in [-0.2, 0) is 0 Å². The quantitative estimate of drug-likeness (QED) is 0.619. The molecule has 1 aromatic rings. The molecule has 0 atom stereocenters. The summed E-state index contributed by atoms with van der Waals surface area (Å²) in [6.07, 6.45) is 0. The van der Waals surface area contributed by atoms with Gasteiger partial charge < -0.3 is 10.6 Å². The first-order valence-electron chi connectivity index (χ1n) is 5.40. The van der Waals surface area contributed by atoms with Crippen LogP contribution >= 0.6 is 35.0 Å². The maximum absolute atomic E-state index is 11.8. The zero-order valence-electron chi connectivity index (χ0n) is 10.0. The van der Waals surface area contributed by atoms with Crippen LogP contribution in [0, 0.1) is 10.5 Å². The van der Waals surface area contributed by atoms with Gasteiger partial charge >= 0.3 is 0 Å². The lowest BCUT2D eigenvalue weighted by molar-refractivity contribution is 0.0953. The molecule has 0 aliphatic heterocycles. The highest BCUT2D eigenvalue weighted by Gasteiger charge is 2.09. The fraction of sp³-hybridized carbons (Fsp3) is 0.417. The van der Waals surface area contributed by atoms with Gasteiger partial charge in [-0.1, -0.05) is 19.1 Å². The van der Waals surface area contributed by atoms with E-state index in [1.54, 1.807) is 0 Å². The first-order valence-corrected chi connectivity index (χ1v) is 6.48. The van der Waals surface area contributed by atoms with E-state index < -0.39 is 0 Å². The van der Waals surface area contributed by atoms with Gasteiger partial charge in [0.15, 0.2) is 0 Å². The Hall–Kier alpha value is -0.330. The van der Waals surface area contributed by atoms with E-state index in [0.29, 0.717) is 6.54 Å². The van der Waals surface area contributed by atoms with Crippen LogP contribution in [0.4, 0.5) is 0 Å². The lowest BCUT2D eigenvalue weighted by Crippen LogP contribution is -2.32. The van der Waals surface area contributed by atoms with Gasteiger partial charge in [-0.3, -0.25) is 4.79 Å². The van der Waals surface area contributed by atoms with Crippen molar-refractivity contribution in [2.24, 2.45) is 0 Å². The van der Waals surface area contributed by atoms with Crippen molar-refractivity contribution in [1.29, 1.82) is 0 Å². The largest absolute Gasteiger partial charge is 0.351 e. The zero-order chi connectivity index (χ0) is 12.0. The van der Waals surface area contributed by atoms with Gasteiger partial charge in [0, 0.05) is 16.7 Å². The molecule has 0 aromatic heterocycles. The number of hydrogen-bond acceptors (Lipinski definition) is 2. The van der Waals surface area contributed by atoms with Gasteiger partial charge in [0.2, 0.25) is 0 Å². The zero-order valence-corrected chi connectivity index (χ0v) is 13.0. The second-order valence-corrected chi connectivity index (χ2v) is 4.62. The summed E-state index contributed by atoms with van der Waals surface area (Å²) in [5, 5.41) is 6.06. The first-order chi connectivity index (χ1) is 7.66. The van der Waals surface area contributed by atoms with Gasteiger partial charge in [-0.05, 0) is 47.7 Å². The van der Waals surface area contributed by atoms with Crippen LogP contribution in [0.1, 0.15) is 22.8 Å². The minimum atomic E-state index is 0. The van der Waals surface area contributed by atoms with Crippen molar-refractivity contribution < 1.29 is 4.79 Å². The van der Waals surface area contributed by atoms with Crippen molar-refractivity contribution in [2.45, 2.75) is 13.8 Å². The molecule has 0 bridgehead atoms. The monoisotopic (exact) mass is 368 g/mol. The summed E-state index contributed by atoms with van der Waals surface area (Å²) in [6.45, 7) is 6.46. The predicted octanol–water partition coefficient (Wildman–Crippen LogP) is 2.36. The average molecular weight is 369 g/mol. The number of rotatable bonds is 5. The maximum atomic E-state index is 11.8. The van der Waals surface area contributed by atoms with Crippen LogP contribution in [0.3, 0.4) is 0 Å². The van der Waals surface area contributed by atoms with E-state index in [1.165, 1.54) is 0 Å². The smallest absolute Gasteiger partial charge is 0.252 e. The van der Waals surface area contributed by atoms with Gasteiger partial charge in [0.25, 0.3) is 5.91 Å². The third-order valence-electron chi connectivity index (χ3n) is 2.27. The van der Waals surface area contributed by atoms with Gasteiger partial charge in [-0.15, -0.1) is 12.4 Å². The Balaban J connectivity index is 0.00000256.